The quantitative estimate of drug-likeness (QED) is 0.909. The number of pyridine rings is 1. The average molecular weight is 305 g/mol. The molecule has 2 aliphatic rings. The molecule has 3 rings (SSSR count). The number of nitrogens with zero attached hydrogens (tertiary/aromatic N) is 3. The Hall–Kier alpha value is -1.17. The van der Waals surface area contributed by atoms with Crippen LogP contribution in [0, 0.1) is 0 Å². The van der Waals surface area contributed by atoms with Crippen molar-refractivity contribution in [2.24, 2.45) is 0 Å². The SMILES string of the molecule is CCc1ccc(N2CCOC(C(C)(C)N3CC(O)C3)C2)cn1. The fourth-order valence-electron chi connectivity index (χ4n) is 3.25. The third kappa shape index (κ3) is 2.98. The highest BCUT2D eigenvalue weighted by Gasteiger charge is 2.44. The van der Waals surface area contributed by atoms with Gasteiger partial charge in [-0.05, 0) is 32.4 Å². The molecule has 0 aliphatic carbocycles. The lowest BCUT2D eigenvalue weighted by Gasteiger charge is -2.52. The molecule has 1 atom stereocenters. The molecule has 0 saturated carbocycles. The number of rotatable bonds is 4. The van der Waals surface area contributed by atoms with E-state index in [1.807, 2.05) is 6.20 Å². The van der Waals surface area contributed by atoms with Gasteiger partial charge in [0.05, 0.1) is 30.7 Å². The number of aryl methyl sites for hydroxylation is 1. The maximum absolute atomic E-state index is 9.56. The van der Waals surface area contributed by atoms with Gasteiger partial charge in [-0.3, -0.25) is 9.88 Å². The van der Waals surface area contributed by atoms with Gasteiger partial charge in [-0.1, -0.05) is 6.92 Å². The molecule has 0 spiro atoms. The zero-order chi connectivity index (χ0) is 15.7. The van der Waals surface area contributed by atoms with Crippen molar-refractivity contribution in [3.63, 3.8) is 0 Å². The second-order valence-corrected chi connectivity index (χ2v) is 6.88. The molecular formula is C17H27N3O2. The van der Waals surface area contributed by atoms with E-state index in [-0.39, 0.29) is 17.7 Å². The minimum absolute atomic E-state index is 0.0608. The van der Waals surface area contributed by atoms with Crippen molar-refractivity contribution in [2.75, 3.05) is 37.7 Å². The first kappa shape index (κ1) is 15.7. The van der Waals surface area contributed by atoms with Gasteiger partial charge in [0.2, 0.25) is 0 Å². The number of ether oxygens (including phenoxy) is 1. The highest BCUT2D eigenvalue weighted by Crippen LogP contribution is 2.30. The molecule has 1 aromatic rings. The van der Waals surface area contributed by atoms with E-state index in [0.29, 0.717) is 0 Å². The number of aromatic nitrogens is 1. The second-order valence-electron chi connectivity index (χ2n) is 6.88. The molecule has 0 aromatic carbocycles. The van der Waals surface area contributed by atoms with Crippen molar-refractivity contribution in [2.45, 2.75) is 44.9 Å². The van der Waals surface area contributed by atoms with Crippen LogP contribution in [0.3, 0.4) is 0 Å². The van der Waals surface area contributed by atoms with Crippen LogP contribution in [-0.2, 0) is 11.2 Å². The molecule has 2 fully saturated rings. The van der Waals surface area contributed by atoms with E-state index >= 15 is 0 Å². The molecule has 22 heavy (non-hydrogen) atoms. The Bertz CT molecular complexity index is 497. The van der Waals surface area contributed by atoms with Gasteiger partial charge in [0.25, 0.3) is 0 Å². The van der Waals surface area contributed by atoms with Gasteiger partial charge in [0.1, 0.15) is 0 Å². The summed E-state index contributed by atoms with van der Waals surface area (Å²) in [6, 6.07) is 4.27. The summed E-state index contributed by atoms with van der Waals surface area (Å²) in [5, 5.41) is 9.56. The Morgan fingerprint density at radius 1 is 1.32 bits per heavy atom. The largest absolute Gasteiger partial charge is 0.390 e. The summed E-state index contributed by atoms with van der Waals surface area (Å²) in [5.74, 6) is 0. The molecule has 1 N–H and O–H groups in total. The summed E-state index contributed by atoms with van der Waals surface area (Å²) in [7, 11) is 0. The van der Waals surface area contributed by atoms with E-state index in [2.05, 4.69) is 47.7 Å². The lowest BCUT2D eigenvalue weighted by molar-refractivity contribution is -0.121. The number of hydrogen-bond acceptors (Lipinski definition) is 5. The Balaban J connectivity index is 1.68. The molecule has 3 heterocycles. The van der Waals surface area contributed by atoms with Crippen LogP contribution in [0.2, 0.25) is 0 Å². The Kier molecular flexibility index (Phi) is 4.39. The van der Waals surface area contributed by atoms with Crippen LogP contribution in [-0.4, -0.2) is 65.5 Å². The monoisotopic (exact) mass is 305 g/mol. The summed E-state index contributed by atoms with van der Waals surface area (Å²) in [4.78, 5) is 9.18. The highest BCUT2D eigenvalue weighted by molar-refractivity contribution is 5.45. The molecule has 2 saturated heterocycles. The van der Waals surface area contributed by atoms with Crippen molar-refractivity contribution >= 4 is 5.69 Å². The number of morpholine rings is 1. The predicted molar refractivity (Wildman–Crippen MR) is 87.2 cm³/mol. The molecule has 122 valence electrons. The van der Waals surface area contributed by atoms with Crippen LogP contribution in [0.5, 0.6) is 0 Å². The predicted octanol–water partition coefficient (Wildman–Crippen LogP) is 1.30. The fraction of sp³-hybridized carbons (Fsp3) is 0.706. The Labute approximate surface area is 132 Å². The van der Waals surface area contributed by atoms with E-state index < -0.39 is 0 Å². The van der Waals surface area contributed by atoms with Crippen molar-refractivity contribution < 1.29 is 9.84 Å². The van der Waals surface area contributed by atoms with Gasteiger partial charge in [-0.15, -0.1) is 0 Å². The van der Waals surface area contributed by atoms with E-state index in [4.69, 9.17) is 4.74 Å². The van der Waals surface area contributed by atoms with Gasteiger partial charge in [0, 0.05) is 37.4 Å². The van der Waals surface area contributed by atoms with Gasteiger partial charge in [-0.2, -0.15) is 0 Å². The summed E-state index contributed by atoms with van der Waals surface area (Å²) < 4.78 is 6.05. The average Bonchev–Trinajstić information content (AvgIpc) is 2.52. The van der Waals surface area contributed by atoms with Crippen molar-refractivity contribution in [3.05, 3.63) is 24.0 Å². The van der Waals surface area contributed by atoms with Crippen LogP contribution in [0.15, 0.2) is 18.3 Å². The third-order valence-electron chi connectivity index (χ3n) is 5.07. The number of likely N-dealkylation sites (tertiary alicyclic amines) is 1. The van der Waals surface area contributed by atoms with Crippen LogP contribution in [0.4, 0.5) is 5.69 Å². The summed E-state index contributed by atoms with van der Waals surface area (Å²) >= 11 is 0. The maximum atomic E-state index is 9.56. The number of aliphatic hydroxyl groups is 1. The molecule has 2 aliphatic heterocycles. The van der Waals surface area contributed by atoms with E-state index in [9.17, 15) is 5.11 Å². The standard InChI is InChI=1S/C17H27N3O2/c1-4-13-5-6-14(9-18-13)19-7-8-22-16(12-19)17(2,3)20-10-15(21)11-20/h5-6,9,15-16,21H,4,7-8,10-12H2,1-3H3. The molecule has 5 nitrogen and oxygen atoms in total. The van der Waals surface area contributed by atoms with Crippen LogP contribution >= 0.6 is 0 Å². The molecule has 5 heteroatoms. The van der Waals surface area contributed by atoms with Gasteiger partial charge in [-0.25, -0.2) is 0 Å². The molecule has 0 bridgehead atoms. The van der Waals surface area contributed by atoms with Crippen molar-refractivity contribution in [1.82, 2.24) is 9.88 Å². The van der Waals surface area contributed by atoms with Gasteiger partial charge < -0.3 is 14.7 Å². The lowest BCUT2D eigenvalue weighted by atomic mass is 9.89. The summed E-state index contributed by atoms with van der Waals surface area (Å²) in [6.45, 7) is 10.6. The van der Waals surface area contributed by atoms with E-state index in [1.165, 1.54) is 5.69 Å². The first-order valence-electron chi connectivity index (χ1n) is 8.25. The van der Waals surface area contributed by atoms with Crippen LogP contribution < -0.4 is 4.90 Å². The Morgan fingerprint density at radius 3 is 2.68 bits per heavy atom. The second kappa shape index (κ2) is 6.14. The summed E-state index contributed by atoms with van der Waals surface area (Å²) in [5.41, 5.74) is 2.24. The third-order valence-corrected chi connectivity index (χ3v) is 5.07. The minimum atomic E-state index is -0.176. The van der Waals surface area contributed by atoms with Gasteiger partial charge >= 0.3 is 0 Å². The smallest absolute Gasteiger partial charge is 0.0928 e. The summed E-state index contributed by atoms with van der Waals surface area (Å²) in [6.07, 6.45) is 2.90. The molecule has 1 unspecified atom stereocenters. The van der Waals surface area contributed by atoms with Crippen LogP contribution in [0.25, 0.3) is 0 Å². The van der Waals surface area contributed by atoms with Crippen molar-refractivity contribution in [1.29, 1.82) is 0 Å². The Morgan fingerprint density at radius 2 is 2.09 bits per heavy atom. The molecule has 0 radical (unpaired) electrons. The number of anilines is 1. The number of β-amino-alcohol motifs (C(OH)–C–C–N with tert-alkyl or cyclic N) is 1. The van der Waals surface area contributed by atoms with Gasteiger partial charge in [0.15, 0.2) is 0 Å². The maximum Gasteiger partial charge on any atom is 0.0928 e. The topological polar surface area (TPSA) is 48.8 Å². The highest BCUT2D eigenvalue weighted by atomic mass is 16.5. The van der Waals surface area contributed by atoms with E-state index in [1.54, 1.807) is 0 Å². The van der Waals surface area contributed by atoms with Crippen molar-refractivity contribution in [3.8, 4) is 0 Å². The number of hydrogen-bond donors (Lipinski definition) is 1. The first-order valence-corrected chi connectivity index (χ1v) is 8.25. The number of aliphatic hydroxyl groups excluding tert-OH is 1. The van der Waals surface area contributed by atoms with E-state index in [0.717, 1.165) is 44.9 Å². The molecule has 0 amide bonds. The fourth-order valence-corrected chi connectivity index (χ4v) is 3.25. The van der Waals surface area contributed by atoms with Crippen LogP contribution in [0.1, 0.15) is 26.5 Å². The molecular weight excluding hydrogens is 278 g/mol. The zero-order valence-corrected chi connectivity index (χ0v) is 13.8. The first-order chi connectivity index (χ1) is 10.5. The normalized spacial score (nSPS) is 24.4. The lowest BCUT2D eigenvalue weighted by Crippen LogP contribution is -2.67. The molecule has 1 aromatic heterocycles. The minimum Gasteiger partial charge on any atom is -0.390 e. The zero-order valence-electron chi connectivity index (χ0n) is 13.8.